The highest BCUT2D eigenvalue weighted by Crippen LogP contribution is 2.23. The van der Waals surface area contributed by atoms with Crippen LogP contribution in [0.3, 0.4) is 0 Å². The van der Waals surface area contributed by atoms with Crippen LogP contribution in [0.5, 0.6) is 0 Å². The molecule has 0 aromatic carbocycles. The third kappa shape index (κ3) is 3.76. The molecule has 0 aromatic rings. The number of nitrogens with two attached hydrogens (primary N) is 1. The molecule has 1 saturated heterocycles. The van der Waals surface area contributed by atoms with Crippen molar-refractivity contribution in [2.75, 3.05) is 5.75 Å². The standard InChI is InChI=1S/C11H23NO2S/c1-2-3-4-7-10(12)11-8-5-6-9-15(11,13)14/h10-11H,2-9,12H2,1H3. The normalized spacial score (nSPS) is 27.5. The first-order chi connectivity index (χ1) is 7.08. The predicted molar refractivity (Wildman–Crippen MR) is 63.5 cm³/mol. The lowest BCUT2D eigenvalue weighted by molar-refractivity contribution is 0.468. The average Bonchev–Trinajstić information content (AvgIpc) is 2.17. The van der Waals surface area contributed by atoms with E-state index in [-0.39, 0.29) is 11.3 Å². The Morgan fingerprint density at radius 3 is 2.67 bits per heavy atom. The Morgan fingerprint density at radius 2 is 2.07 bits per heavy atom. The van der Waals surface area contributed by atoms with Crippen LogP contribution in [0.1, 0.15) is 51.9 Å². The van der Waals surface area contributed by atoms with Gasteiger partial charge in [0.15, 0.2) is 9.84 Å². The summed E-state index contributed by atoms with van der Waals surface area (Å²) in [5, 5.41) is -0.261. The second-order valence-corrected chi connectivity index (χ2v) is 6.90. The molecule has 2 atom stereocenters. The number of hydrogen-bond donors (Lipinski definition) is 1. The molecule has 0 aliphatic carbocycles. The number of hydrogen-bond acceptors (Lipinski definition) is 3. The Hall–Kier alpha value is -0.0900. The quantitative estimate of drug-likeness (QED) is 0.737. The van der Waals surface area contributed by atoms with E-state index in [0.717, 1.165) is 44.9 Å². The van der Waals surface area contributed by atoms with Crippen LogP contribution < -0.4 is 5.73 Å². The van der Waals surface area contributed by atoms with E-state index in [1.807, 2.05) is 0 Å². The van der Waals surface area contributed by atoms with Crippen molar-refractivity contribution in [3.63, 3.8) is 0 Å². The molecule has 90 valence electrons. The van der Waals surface area contributed by atoms with Gasteiger partial charge in [0, 0.05) is 6.04 Å². The first kappa shape index (κ1) is 13.0. The van der Waals surface area contributed by atoms with Gasteiger partial charge in [-0.15, -0.1) is 0 Å². The molecule has 3 nitrogen and oxygen atoms in total. The monoisotopic (exact) mass is 233 g/mol. The van der Waals surface area contributed by atoms with E-state index in [1.165, 1.54) is 0 Å². The Morgan fingerprint density at radius 1 is 1.33 bits per heavy atom. The smallest absolute Gasteiger partial charge is 0.154 e. The molecule has 0 aromatic heterocycles. The van der Waals surface area contributed by atoms with E-state index in [0.29, 0.717) is 5.75 Å². The fourth-order valence-electron chi connectivity index (χ4n) is 2.28. The van der Waals surface area contributed by atoms with E-state index < -0.39 is 9.84 Å². The Kier molecular flexibility index (Phi) is 5.06. The second-order valence-electron chi connectivity index (χ2n) is 4.56. The minimum Gasteiger partial charge on any atom is -0.327 e. The van der Waals surface area contributed by atoms with Crippen LogP contribution in [0.25, 0.3) is 0 Å². The molecule has 1 heterocycles. The molecule has 1 rings (SSSR count). The maximum atomic E-state index is 11.8. The first-order valence-corrected chi connectivity index (χ1v) is 7.76. The van der Waals surface area contributed by atoms with Gasteiger partial charge in [-0.1, -0.05) is 32.6 Å². The van der Waals surface area contributed by atoms with Crippen molar-refractivity contribution in [3.8, 4) is 0 Å². The molecule has 0 bridgehead atoms. The van der Waals surface area contributed by atoms with E-state index in [9.17, 15) is 8.42 Å². The molecule has 4 heteroatoms. The van der Waals surface area contributed by atoms with Gasteiger partial charge < -0.3 is 5.73 Å². The summed E-state index contributed by atoms with van der Waals surface area (Å²) in [7, 11) is -2.88. The summed E-state index contributed by atoms with van der Waals surface area (Å²) in [6.45, 7) is 2.14. The van der Waals surface area contributed by atoms with E-state index >= 15 is 0 Å². The summed E-state index contributed by atoms with van der Waals surface area (Å²) in [6.07, 6.45) is 6.84. The maximum absolute atomic E-state index is 11.8. The summed E-state index contributed by atoms with van der Waals surface area (Å²) in [5.74, 6) is 0.346. The van der Waals surface area contributed by atoms with Crippen molar-refractivity contribution < 1.29 is 8.42 Å². The molecule has 1 aliphatic rings. The van der Waals surface area contributed by atoms with Gasteiger partial charge in [-0.2, -0.15) is 0 Å². The molecule has 15 heavy (non-hydrogen) atoms. The molecule has 0 amide bonds. The van der Waals surface area contributed by atoms with Crippen molar-refractivity contribution in [1.29, 1.82) is 0 Å². The molecule has 1 aliphatic heterocycles. The van der Waals surface area contributed by atoms with Crippen LogP contribution in [0.4, 0.5) is 0 Å². The summed E-state index contributed by atoms with van der Waals surface area (Å²) < 4.78 is 23.6. The molecule has 0 saturated carbocycles. The Balaban J connectivity index is 2.46. The van der Waals surface area contributed by atoms with Gasteiger partial charge >= 0.3 is 0 Å². The van der Waals surface area contributed by atoms with E-state index in [4.69, 9.17) is 5.73 Å². The minimum absolute atomic E-state index is 0.137. The summed E-state index contributed by atoms with van der Waals surface area (Å²) in [6, 6.07) is -0.137. The van der Waals surface area contributed by atoms with Gasteiger partial charge in [0.05, 0.1) is 11.0 Å². The number of rotatable bonds is 5. The largest absolute Gasteiger partial charge is 0.327 e. The van der Waals surface area contributed by atoms with Gasteiger partial charge in [-0.3, -0.25) is 0 Å². The van der Waals surface area contributed by atoms with Crippen molar-refractivity contribution >= 4 is 9.84 Å². The highest BCUT2D eigenvalue weighted by molar-refractivity contribution is 7.92. The lowest BCUT2D eigenvalue weighted by atomic mass is 10.0. The highest BCUT2D eigenvalue weighted by Gasteiger charge is 2.33. The van der Waals surface area contributed by atoms with Crippen molar-refractivity contribution in [2.45, 2.75) is 63.2 Å². The van der Waals surface area contributed by atoms with Crippen LogP contribution in [-0.4, -0.2) is 25.5 Å². The van der Waals surface area contributed by atoms with Crippen molar-refractivity contribution in [2.24, 2.45) is 5.73 Å². The SMILES string of the molecule is CCCCCC(N)C1CCCCS1(=O)=O. The zero-order valence-corrected chi connectivity index (χ0v) is 10.4. The van der Waals surface area contributed by atoms with Gasteiger partial charge in [0.2, 0.25) is 0 Å². The Labute approximate surface area is 93.3 Å². The summed E-state index contributed by atoms with van der Waals surface area (Å²) >= 11 is 0. The number of sulfone groups is 1. The summed E-state index contributed by atoms with van der Waals surface area (Å²) in [4.78, 5) is 0. The van der Waals surface area contributed by atoms with E-state index in [2.05, 4.69) is 6.92 Å². The molecule has 0 radical (unpaired) electrons. The second kappa shape index (κ2) is 5.85. The molecular weight excluding hydrogens is 210 g/mol. The van der Waals surface area contributed by atoms with Gasteiger partial charge in [-0.25, -0.2) is 8.42 Å². The highest BCUT2D eigenvalue weighted by atomic mass is 32.2. The average molecular weight is 233 g/mol. The van der Waals surface area contributed by atoms with Gasteiger partial charge in [-0.05, 0) is 19.3 Å². The minimum atomic E-state index is -2.88. The third-order valence-electron chi connectivity index (χ3n) is 3.25. The lowest BCUT2D eigenvalue weighted by Crippen LogP contribution is -2.43. The van der Waals surface area contributed by atoms with Crippen LogP contribution in [0.2, 0.25) is 0 Å². The van der Waals surface area contributed by atoms with E-state index in [1.54, 1.807) is 0 Å². The lowest BCUT2D eigenvalue weighted by Gasteiger charge is -2.27. The topological polar surface area (TPSA) is 60.2 Å². The fraction of sp³-hybridized carbons (Fsp3) is 1.00. The Bertz CT molecular complexity index is 274. The maximum Gasteiger partial charge on any atom is 0.154 e. The molecule has 2 N–H and O–H groups in total. The van der Waals surface area contributed by atoms with Crippen LogP contribution >= 0.6 is 0 Å². The zero-order valence-electron chi connectivity index (χ0n) is 9.61. The molecule has 1 fully saturated rings. The molecular formula is C11H23NO2S. The van der Waals surface area contributed by atoms with Crippen LogP contribution in [0, 0.1) is 0 Å². The fourth-order valence-corrected chi connectivity index (χ4v) is 4.38. The van der Waals surface area contributed by atoms with Crippen molar-refractivity contribution in [1.82, 2.24) is 0 Å². The van der Waals surface area contributed by atoms with Gasteiger partial charge in [0.1, 0.15) is 0 Å². The first-order valence-electron chi connectivity index (χ1n) is 6.05. The van der Waals surface area contributed by atoms with Crippen molar-refractivity contribution in [3.05, 3.63) is 0 Å². The molecule has 0 spiro atoms. The summed E-state index contributed by atoms with van der Waals surface area (Å²) in [5.41, 5.74) is 5.99. The van der Waals surface area contributed by atoms with Crippen LogP contribution in [0.15, 0.2) is 0 Å². The third-order valence-corrected chi connectivity index (χ3v) is 5.61. The zero-order chi connectivity index (χ0) is 11.3. The number of unbranched alkanes of at least 4 members (excludes halogenated alkanes) is 2. The van der Waals surface area contributed by atoms with Gasteiger partial charge in [0.25, 0.3) is 0 Å². The molecule has 2 unspecified atom stereocenters. The predicted octanol–water partition coefficient (Wildman–Crippen LogP) is 1.86. The van der Waals surface area contributed by atoms with Crippen LogP contribution in [-0.2, 0) is 9.84 Å².